The highest BCUT2D eigenvalue weighted by molar-refractivity contribution is 5.91. The van der Waals surface area contributed by atoms with Gasteiger partial charge in [0, 0.05) is 18.5 Å². The van der Waals surface area contributed by atoms with E-state index >= 15 is 0 Å². The average Bonchev–Trinajstić information content (AvgIpc) is 3.34. The van der Waals surface area contributed by atoms with Crippen LogP contribution in [0.2, 0.25) is 0 Å². The minimum absolute atomic E-state index is 0.259. The summed E-state index contributed by atoms with van der Waals surface area (Å²) in [5.41, 5.74) is 1.93. The summed E-state index contributed by atoms with van der Waals surface area (Å²) in [6.07, 6.45) is 1.11. The van der Waals surface area contributed by atoms with Gasteiger partial charge in [-0.1, -0.05) is 36.4 Å². The van der Waals surface area contributed by atoms with E-state index in [1.54, 1.807) is 26.4 Å². The van der Waals surface area contributed by atoms with Gasteiger partial charge in [0.25, 0.3) is 5.91 Å². The van der Waals surface area contributed by atoms with Gasteiger partial charge in [-0.05, 0) is 60.5 Å². The summed E-state index contributed by atoms with van der Waals surface area (Å²) in [6.45, 7) is 0.452. The van der Waals surface area contributed by atoms with E-state index < -0.39 is 0 Å². The molecule has 0 bridgehead atoms. The number of carbonyl (C=O) groups excluding carboxylic acids is 1. The molecule has 0 unspecified atom stereocenters. The summed E-state index contributed by atoms with van der Waals surface area (Å²) in [7, 11) is 3.24. The largest absolute Gasteiger partial charge is 0.497 e. The summed E-state index contributed by atoms with van der Waals surface area (Å²) in [4.78, 5) is 12.6. The van der Waals surface area contributed by atoms with E-state index in [2.05, 4.69) is 5.32 Å². The number of benzene rings is 3. The number of hydrogen-bond donors (Lipinski definition) is 1. The van der Waals surface area contributed by atoms with Crippen LogP contribution in [0.1, 0.15) is 27.4 Å². The number of rotatable bonds is 10. The van der Waals surface area contributed by atoms with Gasteiger partial charge in [0.1, 0.15) is 28.8 Å². The molecule has 34 heavy (non-hydrogen) atoms. The van der Waals surface area contributed by atoms with Crippen molar-refractivity contribution in [1.82, 2.24) is 5.32 Å². The third-order valence-corrected chi connectivity index (χ3v) is 5.36. The summed E-state index contributed by atoms with van der Waals surface area (Å²) in [5, 5.41) is 2.92. The van der Waals surface area contributed by atoms with Crippen molar-refractivity contribution >= 4 is 5.91 Å². The van der Waals surface area contributed by atoms with E-state index in [0.29, 0.717) is 25.1 Å². The predicted molar refractivity (Wildman–Crippen MR) is 130 cm³/mol. The molecule has 1 amide bonds. The topological polar surface area (TPSA) is 69.9 Å². The SMILES string of the molecule is COc1ccc(OC)c(Cc2ccc(C(=O)NCCc3ccccc3Oc3ccccc3)o2)c1. The normalized spacial score (nSPS) is 10.5. The molecule has 0 aliphatic heterocycles. The van der Waals surface area contributed by atoms with Crippen molar-refractivity contribution in [2.45, 2.75) is 12.8 Å². The van der Waals surface area contributed by atoms with Crippen LogP contribution < -0.4 is 19.5 Å². The van der Waals surface area contributed by atoms with Crippen molar-refractivity contribution in [1.29, 1.82) is 0 Å². The van der Waals surface area contributed by atoms with Gasteiger partial charge < -0.3 is 23.9 Å². The van der Waals surface area contributed by atoms with Crippen molar-refractivity contribution in [2.24, 2.45) is 0 Å². The molecule has 1 N–H and O–H groups in total. The van der Waals surface area contributed by atoms with Crippen LogP contribution in [0.15, 0.2) is 89.3 Å². The quantitative estimate of drug-likeness (QED) is 0.333. The average molecular weight is 458 g/mol. The van der Waals surface area contributed by atoms with Gasteiger partial charge in [0.15, 0.2) is 5.76 Å². The molecule has 0 fully saturated rings. The van der Waals surface area contributed by atoms with Gasteiger partial charge in [-0.2, -0.15) is 0 Å². The van der Waals surface area contributed by atoms with Gasteiger partial charge in [0.05, 0.1) is 14.2 Å². The highest BCUT2D eigenvalue weighted by Crippen LogP contribution is 2.27. The standard InChI is InChI=1S/C28H27NO5/c1-31-23-12-14-25(32-2)21(18-23)19-24-13-15-27(34-24)28(30)29-17-16-20-8-6-7-11-26(20)33-22-9-4-3-5-10-22/h3-15,18H,16-17,19H2,1-2H3,(H,29,30). The van der Waals surface area contributed by atoms with Crippen LogP contribution in [-0.4, -0.2) is 26.7 Å². The van der Waals surface area contributed by atoms with Crippen LogP contribution in [-0.2, 0) is 12.8 Å². The molecule has 0 saturated heterocycles. The lowest BCUT2D eigenvalue weighted by Crippen LogP contribution is -2.25. The molecule has 0 aliphatic carbocycles. The third kappa shape index (κ3) is 5.78. The van der Waals surface area contributed by atoms with E-state index in [-0.39, 0.29) is 11.7 Å². The van der Waals surface area contributed by atoms with Crippen LogP contribution in [0.4, 0.5) is 0 Å². The van der Waals surface area contributed by atoms with Gasteiger partial charge >= 0.3 is 0 Å². The van der Waals surface area contributed by atoms with E-state index in [9.17, 15) is 4.79 Å². The maximum absolute atomic E-state index is 12.6. The molecule has 0 atom stereocenters. The zero-order valence-corrected chi connectivity index (χ0v) is 19.2. The highest BCUT2D eigenvalue weighted by atomic mass is 16.5. The summed E-state index contributed by atoms with van der Waals surface area (Å²) < 4.78 is 22.5. The maximum Gasteiger partial charge on any atom is 0.287 e. The number of carbonyl (C=O) groups is 1. The summed E-state index contributed by atoms with van der Waals surface area (Å²) in [5.74, 6) is 3.69. The third-order valence-electron chi connectivity index (χ3n) is 5.36. The molecule has 6 heteroatoms. The smallest absolute Gasteiger partial charge is 0.287 e. The zero-order chi connectivity index (χ0) is 23.8. The number of furan rings is 1. The number of para-hydroxylation sites is 2. The first kappa shape index (κ1) is 23.0. The Morgan fingerprint density at radius 2 is 1.59 bits per heavy atom. The van der Waals surface area contributed by atoms with Crippen LogP contribution >= 0.6 is 0 Å². The molecule has 3 aromatic carbocycles. The lowest BCUT2D eigenvalue weighted by molar-refractivity contribution is 0.0924. The van der Waals surface area contributed by atoms with Gasteiger partial charge in [0.2, 0.25) is 0 Å². The predicted octanol–water partition coefficient (Wildman–Crippen LogP) is 5.65. The number of amides is 1. The minimum Gasteiger partial charge on any atom is -0.497 e. The highest BCUT2D eigenvalue weighted by Gasteiger charge is 2.14. The van der Waals surface area contributed by atoms with Crippen molar-refractivity contribution in [2.75, 3.05) is 20.8 Å². The Hall–Kier alpha value is -4.19. The van der Waals surface area contributed by atoms with E-state index in [1.165, 1.54) is 0 Å². The molecule has 1 heterocycles. The summed E-state index contributed by atoms with van der Waals surface area (Å²) >= 11 is 0. The number of nitrogens with one attached hydrogen (secondary N) is 1. The number of methoxy groups -OCH3 is 2. The molecule has 1 aromatic heterocycles. The van der Waals surface area contributed by atoms with Crippen LogP contribution in [0, 0.1) is 0 Å². The molecule has 174 valence electrons. The first-order valence-electron chi connectivity index (χ1n) is 11.0. The van der Waals surface area contributed by atoms with Gasteiger partial charge in [-0.15, -0.1) is 0 Å². The van der Waals surface area contributed by atoms with E-state index in [0.717, 1.165) is 34.1 Å². The van der Waals surface area contributed by atoms with Crippen LogP contribution in [0.3, 0.4) is 0 Å². The second-order valence-corrected chi connectivity index (χ2v) is 7.65. The van der Waals surface area contributed by atoms with Gasteiger partial charge in [-0.3, -0.25) is 4.79 Å². The molecular weight excluding hydrogens is 430 g/mol. The Morgan fingerprint density at radius 3 is 2.38 bits per heavy atom. The Morgan fingerprint density at radius 1 is 0.794 bits per heavy atom. The van der Waals surface area contributed by atoms with Gasteiger partial charge in [-0.25, -0.2) is 0 Å². The fraction of sp³-hybridized carbons (Fsp3) is 0.179. The van der Waals surface area contributed by atoms with E-state index in [1.807, 2.05) is 72.8 Å². The Kier molecular flexibility index (Phi) is 7.50. The molecule has 0 radical (unpaired) electrons. The fourth-order valence-corrected chi connectivity index (χ4v) is 3.63. The lowest BCUT2D eigenvalue weighted by Gasteiger charge is -2.11. The molecule has 6 nitrogen and oxygen atoms in total. The minimum atomic E-state index is -0.259. The lowest BCUT2D eigenvalue weighted by atomic mass is 10.1. The molecule has 4 rings (SSSR count). The molecule has 0 saturated carbocycles. The van der Waals surface area contributed by atoms with Crippen LogP contribution in [0.5, 0.6) is 23.0 Å². The first-order valence-corrected chi connectivity index (χ1v) is 11.0. The Balaban J connectivity index is 1.35. The van der Waals surface area contributed by atoms with Crippen LogP contribution in [0.25, 0.3) is 0 Å². The first-order chi connectivity index (χ1) is 16.7. The second kappa shape index (κ2) is 11.1. The molecule has 4 aromatic rings. The van der Waals surface area contributed by atoms with Crippen molar-refractivity contribution in [3.63, 3.8) is 0 Å². The van der Waals surface area contributed by atoms with Crippen molar-refractivity contribution in [3.05, 3.63) is 108 Å². The maximum atomic E-state index is 12.6. The Bertz CT molecular complexity index is 1230. The van der Waals surface area contributed by atoms with E-state index in [4.69, 9.17) is 18.6 Å². The van der Waals surface area contributed by atoms with Crippen molar-refractivity contribution in [3.8, 4) is 23.0 Å². The number of hydrogen-bond acceptors (Lipinski definition) is 5. The zero-order valence-electron chi connectivity index (χ0n) is 19.2. The monoisotopic (exact) mass is 457 g/mol. The summed E-state index contributed by atoms with van der Waals surface area (Å²) in [6, 6.07) is 26.5. The second-order valence-electron chi connectivity index (χ2n) is 7.65. The van der Waals surface area contributed by atoms with Crippen molar-refractivity contribution < 1.29 is 23.4 Å². The molecular formula is C28H27NO5. The Labute approximate surface area is 199 Å². The number of ether oxygens (including phenoxy) is 3. The fourth-order valence-electron chi connectivity index (χ4n) is 3.63. The molecule has 0 aliphatic rings. The molecule has 0 spiro atoms.